The SMILES string of the molecule is Cc1cc(C(=O)N[C@@H](Cc2ccccc2)C(=O)C(N)=O)n(-c2cccc(-c3cccc(F)c3)c2)n1. The third kappa shape index (κ3) is 5.50. The molecule has 4 rings (SSSR count). The number of hydrogen-bond donors (Lipinski definition) is 2. The van der Waals surface area contributed by atoms with Gasteiger partial charge < -0.3 is 11.1 Å². The Bertz CT molecular complexity index is 1400. The van der Waals surface area contributed by atoms with Crippen LogP contribution in [0.5, 0.6) is 0 Å². The Hall–Kier alpha value is -4.59. The molecule has 1 heterocycles. The van der Waals surface area contributed by atoms with Crippen LogP contribution in [0.4, 0.5) is 4.39 Å². The summed E-state index contributed by atoms with van der Waals surface area (Å²) < 4.78 is 15.2. The van der Waals surface area contributed by atoms with Crippen molar-refractivity contribution in [3.05, 3.63) is 108 Å². The lowest BCUT2D eigenvalue weighted by molar-refractivity contribution is -0.137. The normalized spacial score (nSPS) is 11.6. The monoisotopic (exact) mass is 470 g/mol. The molecule has 0 unspecified atom stereocenters. The van der Waals surface area contributed by atoms with Gasteiger partial charge in [0.05, 0.1) is 11.4 Å². The molecule has 1 atom stereocenters. The third-order valence-corrected chi connectivity index (χ3v) is 5.46. The molecule has 2 amide bonds. The Balaban J connectivity index is 1.65. The van der Waals surface area contributed by atoms with Crippen molar-refractivity contribution in [1.82, 2.24) is 15.1 Å². The molecule has 0 saturated carbocycles. The van der Waals surface area contributed by atoms with E-state index in [2.05, 4.69) is 10.4 Å². The zero-order chi connectivity index (χ0) is 24.9. The largest absolute Gasteiger partial charge is 0.363 e. The van der Waals surface area contributed by atoms with Crippen LogP contribution in [-0.2, 0) is 16.0 Å². The number of carbonyl (C=O) groups excluding carboxylic acids is 3. The molecule has 0 fully saturated rings. The maximum atomic E-state index is 13.7. The van der Waals surface area contributed by atoms with Gasteiger partial charge in [0.2, 0.25) is 5.78 Å². The molecule has 176 valence electrons. The van der Waals surface area contributed by atoms with E-state index in [1.165, 1.54) is 16.8 Å². The predicted octanol–water partition coefficient (Wildman–Crippen LogP) is 3.38. The summed E-state index contributed by atoms with van der Waals surface area (Å²) in [5, 5.41) is 7.07. The van der Waals surface area contributed by atoms with Gasteiger partial charge in [0, 0.05) is 6.42 Å². The number of benzene rings is 3. The summed E-state index contributed by atoms with van der Waals surface area (Å²) in [4.78, 5) is 37.3. The number of aromatic nitrogens is 2. The molecule has 0 aliphatic heterocycles. The first-order valence-corrected chi connectivity index (χ1v) is 10.9. The number of halogens is 1. The molecule has 7 nitrogen and oxygen atoms in total. The number of rotatable bonds is 8. The van der Waals surface area contributed by atoms with Gasteiger partial charge in [-0.2, -0.15) is 5.10 Å². The number of ketones is 1. The number of nitrogens with zero attached hydrogens (tertiary/aromatic N) is 2. The quantitative estimate of drug-likeness (QED) is 0.385. The number of nitrogens with one attached hydrogen (secondary N) is 1. The molecule has 0 spiro atoms. The van der Waals surface area contributed by atoms with Crippen molar-refractivity contribution in [2.75, 3.05) is 0 Å². The summed E-state index contributed by atoms with van der Waals surface area (Å²) in [5.74, 6) is -2.96. The molecule has 0 aliphatic rings. The van der Waals surface area contributed by atoms with Gasteiger partial charge in [0.1, 0.15) is 17.6 Å². The minimum atomic E-state index is -1.13. The lowest BCUT2D eigenvalue weighted by Gasteiger charge is -2.17. The molecular formula is C27H23FN4O3. The molecule has 4 aromatic rings. The van der Waals surface area contributed by atoms with Crippen molar-refractivity contribution in [3.8, 4) is 16.8 Å². The van der Waals surface area contributed by atoms with Crippen LogP contribution >= 0.6 is 0 Å². The van der Waals surface area contributed by atoms with Crippen LogP contribution in [0.3, 0.4) is 0 Å². The Kier molecular flexibility index (Phi) is 6.82. The van der Waals surface area contributed by atoms with Crippen LogP contribution in [0.15, 0.2) is 84.9 Å². The summed E-state index contributed by atoms with van der Waals surface area (Å²) in [5.41, 5.74) is 8.74. The number of primary amides is 1. The molecule has 3 N–H and O–H groups in total. The van der Waals surface area contributed by atoms with E-state index in [1.54, 1.807) is 67.6 Å². The number of hydrogen-bond acceptors (Lipinski definition) is 4. The first-order valence-electron chi connectivity index (χ1n) is 10.9. The van der Waals surface area contributed by atoms with Crippen molar-refractivity contribution in [2.45, 2.75) is 19.4 Å². The summed E-state index contributed by atoms with van der Waals surface area (Å²) in [6.45, 7) is 1.74. The van der Waals surface area contributed by atoms with Gasteiger partial charge in [-0.1, -0.05) is 54.6 Å². The molecule has 1 aromatic heterocycles. The van der Waals surface area contributed by atoms with E-state index in [1.807, 2.05) is 12.1 Å². The highest BCUT2D eigenvalue weighted by Gasteiger charge is 2.27. The van der Waals surface area contributed by atoms with Crippen LogP contribution < -0.4 is 11.1 Å². The number of carbonyl (C=O) groups is 3. The van der Waals surface area contributed by atoms with Gasteiger partial charge in [-0.15, -0.1) is 0 Å². The van der Waals surface area contributed by atoms with Crippen LogP contribution in [0.25, 0.3) is 16.8 Å². The predicted molar refractivity (Wildman–Crippen MR) is 129 cm³/mol. The molecule has 0 bridgehead atoms. The Morgan fingerprint density at radius 2 is 1.63 bits per heavy atom. The summed E-state index contributed by atoms with van der Waals surface area (Å²) in [6, 6.07) is 22.8. The first kappa shape index (κ1) is 23.6. The van der Waals surface area contributed by atoms with Gasteiger partial charge in [0.15, 0.2) is 0 Å². The summed E-state index contributed by atoms with van der Waals surface area (Å²) in [6.07, 6.45) is 0.108. The van der Waals surface area contributed by atoms with E-state index in [0.29, 0.717) is 16.9 Å². The molecular weight excluding hydrogens is 447 g/mol. The zero-order valence-corrected chi connectivity index (χ0v) is 18.9. The molecule has 8 heteroatoms. The van der Waals surface area contributed by atoms with E-state index in [4.69, 9.17) is 5.73 Å². The number of Topliss-reactive ketones (excluding diaryl/α,β-unsaturated/α-hetero) is 1. The summed E-state index contributed by atoms with van der Waals surface area (Å²) in [7, 11) is 0. The third-order valence-electron chi connectivity index (χ3n) is 5.46. The van der Waals surface area contributed by atoms with Crippen LogP contribution in [0.1, 0.15) is 21.7 Å². The Morgan fingerprint density at radius 1 is 0.943 bits per heavy atom. The molecule has 0 radical (unpaired) electrons. The average molecular weight is 471 g/mol. The second-order valence-electron chi connectivity index (χ2n) is 8.09. The minimum absolute atomic E-state index is 0.108. The van der Waals surface area contributed by atoms with Gasteiger partial charge in [-0.3, -0.25) is 14.4 Å². The van der Waals surface area contributed by atoms with E-state index < -0.39 is 23.6 Å². The van der Waals surface area contributed by atoms with Crippen molar-refractivity contribution in [3.63, 3.8) is 0 Å². The second-order valence-corrected chi connectivity index (χ2v) is 8.09. The number of nitrogens with two attached hydrogens (primary N) is 1. The fraction of sp³-hybridized carbons (Fsp3) is 0.111. The lowest BCUT2D eigenvalue weighted by atomic mass is 10.0. The maximum Gasteiger partial charge on any atom is 0.287 e. The average Bonchev–Trinajstić information content (AvgIpc) is 3.25. The zero-order valence-electron chi connectivity index (χ0n) is 18.9. The standard InChI is InChI=1S/C27H23FN4O3/c1-17-13-24(27(35)30-23(25(33)26(29)34)14-18-7-3-2-4-8-18)32(31-17)22-12-6-10-20(16-22)19-9-5-11-21(28)15-19/h2-13,15-16,23H,14H2,1H3,(H2,29,34)(H,30,35)/t23-/m0/s1. The number of amides is 2. The van der Waals surface area contributed by atoms with E-state index in [-0.39, 0.29) is 17.9 Å². The van der Waals surface area contributed by atoms with E-state index in [0.717, 1.165) is 11.1 Å². The molecule has 0 saturated heterocycles. The first-order chi connectivity index (χ1) is 16.8. The Labute approximate surface area is 201 Å². The Morgan fingerprint density at radius 3 is 2.31 bits per heavy atom. The molecule has 0 aliphatic carbocycles. The highest BCUT2D eigenvalue weighted by Crippen LogP contribution is 2.24. The summed E-state index contributed by atoms with van der Waals surface area (Å²) >= 11 is 0. The van der Waals surface area contributed by atoms with Gasteiger partial charge >= 0.3 is 0 Å². The lowest BCUT2D eigenvalue weighted by Crippen LogP contribution is -2.47. The van der Waals surface area contributed by atoms with Crippen molar-refractivity contribution in [2.24, 2.45) is 5.73 Å². The topological polar surface area (TPSA) is 107 Å². The van der Waals surface area contributed by atoms with Crippen LogP contribution in [0, 0.1) is 12.7 Å². The fourth-order valence-corrected chi connectivity index (χ4v) is 3.81. The van der Waals surface area contributed by atoms with Crippen LogP contribution in [0.2, 0.25) is 0 Å². The molecule has 35 heavy (non-hydrogen) atoms. The van der Waals surface area contributed by atoms with E-state index in [9.17, 15) is 18.8 Å². The highest BCUT2D eigenvalue weighted by atomic mass is 19.1. The fourth-order valence-electron chi connectivity index (χ4n) is 3.81. The van der Waals surface area contributed by atoms with Crippen LogP contribution in [-0.4, -0.2) is 33.4 Å². The minimum Gasteiger partial charge on any atom is -0.363 e. The highest BCUT2D eigenvalue weighted by molar-refractivity contribution is 6.38. The smallest absolute Gasteiger partial charge is 0.287 e. The van der Waals surface area contributed by atoms with E-state index >= 15 is 0 Å². The maximum absolute atomic E-state index is 13.7. The molecule has 3 aromatic carbocycles. The van der Waals surface area contributed by atoms with Gasteiger partial charge in [-0.05, 0) is 53.9 Å². The van der Waals surface area contributed by atoms with Crippen molar-refractivity contribution < 1.29 is 18.8 Å². The van der Waals surface area contributed by atoms with Gasteiger partial charge in [0.25, 0.3) is 11.8 Å². The van der Waals surface area contributed by atoms with Gasteiger partial charge in [-0.25, -0.2) is 9.07 Å². The van der Waals surface area contributed by atoms with Crippen molar-refractivity contribution >= 4 is 17.6 Å². The second kappa shape index (κ2) is 10.1. The van der Waals surface area contributed by atoms with Crippen molar-refractivity contribution in [1.29, 1.82) is 0 Å². The number of aryl methyl sites for hydroxylation is 1.